The fourth-order valence-electron chi connectivity index (χ4n) is 3.79. The topological polar surface area (TPSA) is 104 Å². The first-order valence-electron chi connectivity index (χ1n) is 10.3. The summed E-state index contributed by atoms with van der Waals surface area (Å²) in [5.41, 5.74) is -0.410. The third kappa shape index (κ3) is 4.83. The van der Waals surface area contributed by atoms with E-state index in [9.17, 15) is 18.0 Å². The molecule has 4 rings (SSSR count). The zero-order chi connectivity index (χ0) is 23.8. The van der Waals surface area contributed by atoms with E-state index in [1.165, 1.54) is 19.4 Å². The van der Waals surface area contributed by atoms with Gasteiger partial charge in [0.25, 0.3) is 0 Å². The van der Waals surface area contributed by atoms with Crippen LogP contribution in [0.1, 0.15) is 25.3 Å². The van der Waals surface area contributed by atoms with Crippen molar-refractivity contribution in [2.75, 3.05) is 24.3 Å². The Morgan fingerprint density at radius 2 is 2.09 bits per heavy atom. The summed E-state index contributed by atoms with van der Waals surface area (Å²) in [6.07, 6.45) is -1.39. The van der Waals surface area contributed by atoms with Crippen molar-refractivity contribution in [1.82, 2.24) is 20.3 Å². The lowest BCUT2D eigenvalue weighted by molar-refractivity contribution is -0.137. The molecule has 0 spiro atoms. The molecule has 2 atom stereocenters. The van der Waals surface area contributed by atoms with Gasteiger partial charge in [0.1, 0.15) is 5.56 Å². The highest BCUT2D eigenvalue weighted by atomic mass is 35.5. The van der Waals surface area contributed by atoms with E-state index in [0.717, 1.165) is 19.0 Å². The number of alkyl halides is 3. The molecular formula is C21H22ClF3N6O2. The molecule has 0 bridgehead atoms. The maximum atomic E-state index is 13.8. The summed E-state index contributed by atoms with van der Waals surface area (Å²) in [5.74, 6) is 0.115. The lowest BCUT2D eigenvalue weighted by Gasteiger charge is -2.28. The summed E-state index contributed by atoms with van der Waals surface area (Å²) >= 11 is 6.37. The van der Waals surface area contributed by atoms with Gasteiger partial charge in [-0.2, -0.15) is 13.2 Å². The van der Waals surface area contributed by atoms with Gasteiger partial charge in [-0.05, 0) is 31.9 Å². The van der Waals surface area contributed by atoms with E-state index in [0.29, 0.717) is 23.5 Å². The number of aromatic amines is 1. The van der Waals surface area contributed by atoms with Crippen LogP contribution in [-0.4, -0.2) is 46.8 Å². The summed E-state index contributed by atoms with van der Waals surface area (Å²) in [6.45, 7) is 2.75. The van der Waals surface area contributed by atoms with Gasteiger partial charge in [0, 0.05) is 42.0 Å². The van der Waals surface area contributed by atoms with Crippen molar-refractivity contribution < 1.29 is 22.7 Å². The summed E-state index contributed by atoms with van der Waals surface area (Å²) in [5, 5.41) is 9.46. The molecule has 1 aromatic carbocycles. The monoisotopic (exact) mass is 482 g/mol. The minimum absolute atomic E-state index is 0.00940. The van der Waals surface area contributed by atoms with Gasteiger partial charge in [0.2, 0.25) is 5.95 Å². The van der Waals surface area contributed by atoms with Crippen molar-refractivity contribution in [3.8, 4) is 11.3 Å². The van der Waals surface area contributed by atoms with E-state index >= 15 is 0 Å². The third-order valence-corrected chi connectivity index (χ3v) is 5.95. The predicted molar refractivity (Wildman–Crippen MR) is 119 cm³/mol. The molecule has 1 unspecified atom stereocenters. The number of H-pyrrole nitrogens is 1. The standard InChI is InChI=1S/C21H22ClF3N6O2/c1-10-3-4-11(7-26-10)29-19-28-9-14(21(23,24)25)17(31-19)13-8-27-18-12(13)5-6-15(16(18)22)30-20(32)33-2/h5-6,8-11,26-27H,3-4,7H2,1-2H3,(H,30,32)(H,28,29,31)/t10-,11?/m1/s1. The molecule has 8 nitrogen and oxygen atoms in total. The fraction of sp³-hybridized carbons (Fsp3) is 0.381. The first-order chi connectivity index (χ1) is 15.7. The number of anilines is 2. The highest BCUT2D eigenvalue weighted by Crippen LogP contribution is 2.41. The molecule has 1 aliphatic heterocycles. The van der Waals surface area contributed by atoms with Crippen LogP contribution < -0.4 is 16.0 Å². The number of carbonyl (C=O) groups is 1. The Bertz CT molecular complexity index is 1170. The largest absolute Gasteiger partial charge is 0.453 e. The minimum atomic E-state index is -4.66. The van der Waals surface area contributed by atoms with Crippen molar-refractivity contribution in [1.29, 1.82) is 0 Å². The molecule has 3 heterocycles. The van der Waals surface area contributed by atoms with Crippen molar-refractivity contribution in [2.45, 2.75) is 38.0 Å². The number of methoxy groups -OCH3 is 1. The number of aromatic nitrogens is 3. The molecule has 0 saturated carbocycles. The molecule has 0 aliphatic carbocycles. The number of halogens is 4. The Balaban J connectivity index is 1.74. The number of benzene rings is 1. The Morgan fingerprint density at radius 1 is 1.30 bits per heavy atom. The van der Waals surface area contributed by atoms with Crippen LogP contribution in [0.5, 0.6) is 0 Å². The Labute approximate surface area is 192 Å². The molecule has 4 N–H and O–H groups in total. The average molecular weight is 483 g/mol. The van der Waals surface area contributed by atoms with Gasteiger partial charge in [-0.15, -0.1) is 0 Å². The van der Waals surface area contributed by atoms with E-state index < -0.39 is 17.8 Å². The number of nitrogens with one attached hydrogen (secondary N) is 4. The highest BCUT2D eigenvalue weighted by molar-refractivity contribution is 6.38. The number of amides is 1. The van der Waals surface area contributed by atoms with Gasteiger partial charge < -0.3 is 20.4 Å². The van der Waals surface area contributed by atoms with Crippen LogP contribution in [-0.2, 0) is 10.9 Å². The molecule has 12 heteroatoms. The summed E-state index contributed by atoms with van der Waals surface area (Å²) in [7, 11) is 1.21. The summed E-state index contributed by atoms with van der Waals surface area (Å²) in [6, 6.07) is 3.44. The molecule has 1 amide bonds. The molecule has 176 valence electrons. The van der Waals surface area contributed by atoms with Gasteiger partial charge >= 0.3 is 12.3 Å². The van der Waals surface area contributed by atoms with Crippen molar-refractivity contribution in [3.05, 3.63) is 35.1 Å². The Morgan fingerprint density at radius 3 is 2.76 bits per heavy atom. The SMILES string of the molecule is COC(=O)Nc1ccc2c(-c3nc(NC4CC[C@@H](C)NC4)ncc3C(F)(F)F)c[nH]c2c1Cl. The molecule has 3 aromatic rings. The quantitative estimate of drug-likeness (QED) is 0.416. The molecule has 1 saturated heterocycles. The highest BCUT2D eigenvalue weighted by Gasteiger charge is 2.36. The van der Waals surface area contributed by atoms with Gasteiger partial charge in [0.05, 0.1) is 29.0 Å². The number of piperidine rings is 1. The maximum Gasteiger partial charge on any atom is 0.419 e. The lowest BCUT2D eigenvalue weighted by atomic mass is 10.0. The first-order valence-corrected chi connectivity index (χ1v) is 10.6. The second kappa shape index (κ2) is 9.06. The third-order valence-electron chi connectivity index (χ3n) is 5.56. The Kier molecular flexibility index (Phi) is 6.35. The molecule has 0 radical (unpaired) electrons. The van der Waals surface area contributed by atoms with Crippen LogP contribution in [0.15, 0.2) is 24.5 Å². The normalized spacial score (nSPS) is 18.8. The number of hydrogen-bond acceptors (Lipinski definition) is 6. The van der Waals surface area contributed by atoms with Crippen molar-refractivity contribution in [3.63, 3.8) is 0 Å². The molecule has 33 heavy (non-hydrogen) atoms. The van der Waals surface area contributed by atoms with Crippen LogP contribution >= 0.6 is 11.6 Å². The van der Waals surface area contributed by atoms with E-state index in [-0.39, 0.29) is 34.0 Å². The number of fused-ring (bicyclic) bond motifs is 1. The lowest BCUT2D eigenvalue weighted by Crippen LogP contribution is -2.43. The zero-order valence-corrected chi connectivity index (χ0v) is 18.6. The number of rotatable bonds is 4. The van der Waals surface area contributed by atoms with E-state index in [1.807, 2.05) is 0 Å². The molecular weight excluding hydrogens is 461 g/mol. The summed E-state index contributed by atoms with van der Waals surface area (Å²) in [4.78, 5) is 22.6. The van der Waals surface area contributed by atoms with Crippen LogP contribution in [0.4, 0.5) is 29.6 Å². The van der Waals surface area contributed by atoms with Crippen LogP contribution in [0, 0.1) is 0 Å². The Hall–Kier alpha value is -3.05. The van der Waals surface area contributed by atoms with Gasteiger partial charge in [-0.25, -0.2) is 14.8 Å². The van der Waals surface area contributed by atoms with E-state index in [1.54, 1.807) is 6.07 Å². The number of nitrogens with zero attached hydrogens (tertiary/aromatic N) is 2. The van der Waals surface area contributed by atoms with E-state index in [4.69, 9.17) is 11.6 Å². The van der Waals surface area contributed by atoms with Gasteiger partial charge in [-0.3, -0.25) is 5.32 Å². The van der Waals surface area contributed by atoms with Gasteiger partial charge in [-0.1, -0.05) is 11.6 Å². The molecule has 1 fully saturated rings. The van der Waals surface area contributed by atoms with Crippen LogP contribution in [0.2, 0.25) is 5.02 Å². The van der Waals surface area contributed by atoms with Gasteiger partial charge in [0.15, 0.2) is 0 Å². The maximum absolute atomic E-state index is 13.8. The predicted octanol–water partition coefficient (Wildman–Crippen LogP) is 5.03. The number of ether oxygens (including phenoxy) is 1. The summed E-state index contributed by atoms with van der Waals surface area (Å²) < 4.78 is 45.9. The second-order valence-electron chi connectivity index (χ2n) is 7.85. The molecule has 2 aromatic heterocycles. The van der Waals surface area contributed by atoms with Crippen LogP contribution in [0.25, 0.3) is 22.2 Å². The van der Waals surface area contributed by atoms with Crippen LogP contribution in [0.3, 0.4) is 0 Å². The average Bonchev–Trinajstić information content (AvgIpc) is 3.21. The number of carbonyl (C=O) groups excluding carboxylic acids is 1. The second-order valence-corrected chi connectivity index (χ2v) is 8.23. The van der Waals surface area contributed by atoms with E-state index in [2.05, 4.69) is 42.6 Å². The minimum Gasteiger partial charge on any atom is -0.453 e. The zero-order valence-electron chi connectivity index (χ0n) is 17.8. The first kappa shape index (κ1) is 23.1. The fourth-order valence-corrected chi connectivity index (χ4v) is 4.05. The van der Waals surface area contributed by atoms with Crippen molar-refractivity contribution in [2.24, 2.45) is 0 Å². The van der Waals surface area contributed by atoms with Crippen molar-refractivity contribution >= 4 is 40.2 Å². The smallest absolute Gasteiger partial charge is 0.419 e. The number of hydrogen-bond donors (Lipinski definition) is 4. The molecule has 1 aliphatic rings.